The molecule has 0 bridgehead atoms. The molecule has 0 atom stereocenters. The maximum atomic E-state index is 12.5. The number of alkyl halides is 3. The summed E-state index contributed by atoms with van der Waals surface area (Å²) in [6, 6.07) is 0. The molecule has 14 heavy (non-hydrogen) atoms. The Hall–Kier alpha value is -0.550. The topological polar surface area (TPSA) is 30.0 Å². The van der Waals surface area contributed by atoms with E-state index in [1.165, 1.54) is 6.20 Å². The van der Waals surface area contributed by atoms with Gasteiger partial charge in [-0.15, -0.1) is 11.6 Å². The van der Waals surface area contributed by atoms with Crippen LogP contribution < -0.4 is 0 Å². The van der Waals surface area contributed by atoms with E-state index in [1.54, 1.807) is 0 Å². The van der Waals surface area contributed by atoms with Gasteiger partial charge in [0.2, 0.25) is 0 Å². The van der Waals surface area contributed by atoms with Crippen LogP contribution in [0.1, 0.15) is 28.0 Å². The highest BCUT2D eigenvalue weighted by Crippen LogP contribution is 2.30. The van der Waals surface area contributed by atoms with E-state index in [1.807, 2.05) is 0 Å². The number of carbonyl (C=O) groups is 1. The van der Waals surface area contributed by atoms with Crippen LogP contribution in [-0.4, -0.2) is 11.3 Å². The summed E-state index contributed by atoms with van der Waals surface area (Å²) in [7, 11) is 0. The molecule has 0 spiro atoms. The van der Waals surface area contributed by atoms with Gasteiger partial charge in [-0.2, -0.15) is 0 Å². The van der Waals surface area contributed by atoms with Crippen molar-refractivity contribution in [3.05, 3.63) is 27.5 Å². The summed E-state index contributed by atoms with van der Waals surface area (Å²) in [4.78, 5) is 14.4. The molecule has 0 aliphatic heterocycles. The van der Waals surface area contributed by atoms with Gasteiger partial charge in [0.25, 0.3) is 6.43 Å². The Morgan fingerprint density at radius 2 is 2.29 bits per heavy atom. The molecule has 1 aromatic rings. The Morgan fingerprint density at radius 3 is 2.71 bits per heavy atom. The standard InChI is InChI=1S/C8H5BrClF2NO/c9-5-2-13-6(1-10)4(3-14)7(5)8(11)12/h2-3,8H,1H2. The summed E-state index contributed by atoms with van der Waals surface area (Å²) in [6.45, 7) is 0. The van der Waals surface area contributed by atoms with Crippen molar-refractivity contribution in [3.63, 3.8) is 0 Å². The third kappa shape index (κ3) is 2.09. The fraction of sp³-hybridized carbons (Fsp3) is 0.250. The van der Waals surface area contributed by atoms with Gasteiger partial charge in [0.1, 0.15) is 0 Å². The molecule has 0 aliphatic carbocycles. The molecule has 0 amide bonds. The van der Waals surface area contributed by atoms with Crippen molar-refractivity contribution in [3.8, 4) is 0 Å². The van der Waals surface area contributed by atoms with Gasteiger partial charge in [0.15, 0.2) is 6.29 Å². The van der Waals surface area contributed by atoms with Crippen LogP contribution in [0.3, 0.4) is 0 Å². The third-order valence-electron chi connectivity index (χ3n) is 1.65. The molecule has 0 N–H and O–H groups in total. The van der Waals surface area contributed by atoms with E-state index >= 15 is 0 Å². The number of aromatic nitrogens is 1. The number of halogens is 4. The maximum absolute atomic E-state index is 12.5. The normalized spacial score (nSPS) is 10.6. The van der Waals surface area contributed by atoms with E-state index in [4.69, 9.17) is 11.6 Å². The number of aldehydes is 1. The summed E-state index contributed by atoms with van der Waals surface area (Å²) < 4.78 is 25.2. The van der Waals surface area contributed by atoms with Crippen molar-refractivity contribution in [2.75, 3.05) is 0 Å². The summed E-state index contributed by atoms with van der Waals surface area (Å²) >= 11 is 8.37. The second-order valence-corrected chi connectivity index (χ2v) is 3.55. The first-order chi connectivity index (χ1) is 6.61. The zero-order valence-electron chi connectivity index (χ0n) is 6.81. The third-order valence-corrected chi connectivity index (χ3v) is 2.54. The molecule has 6 heteroatoms. The van der Waals surface area contributed by atoms with Gasteiger partial charge < -0.3 is 0 Å². The lowest BCUT2D eigenvalue weighted by Gasteiger charge is -2.08. The highest BCUT2D eigenvalue weighted by atomic mass is 79.9. The Balaban J connectivity index is 3.42. The average Bonchev–Trinajstić information content (AvgIpc) is 2.16. The predicted molar refractivity (Wildman–Crippen MR) is 51.8 cm³/mol. The Kier molecular flexibility index (Phi) is 3.95. The summed E-state index contributed by atoms with van der Waals surface area (Å²) in [5.41, 5.74) is -0.324. The Morgan fingerprint density at radius 1 is 1.64 bits per heavy atom. The highest BCUT2D eigenvalue weighted by Gasteiger charge is 2.20. The number of hydrogen-bond donors (Lipinski definition) is 0. The van der Waals surface area contributed by atoms with Crippen LogP contribution in [-0.2, 0) is 5.88 Å². The van der Waals surface area contributed by atoms with Crippen LogP contribution in [0.4, 0.5) is 8.78 Å². The monoisotopic (exact) mass is 283 g/mol. The van der Waals surface area contributed by atoms with Crippen LogP contribution in [0.5, 0.6) is 0 Å². The first kappa shape index (κ1) is 11.5. The summed E-state index contributed by atoms with van der Waals surface area (Å²) in [5, 5.41) is 0. The van der Waals surface area contributed by atoms with Crippen molar-refractivity contribution in [2.24, 2.45) is 0 Å². The first-order valence-corrected chi connectivity index (χ1v) is 4.91. The number of nitrogens with zero attached hydrogens (tertiary/aromatic N) is 1. The minimum atomic E-state index is -2.73. The van der Waals surface area contributed by atoms with E-state index in [2.05, 4.69) is 20.9 Å². The molecule has 1 rings (SSSR count). The second-order valence-electron chi connectivity index (χ2n) is 2.43. The molecule has 2 nitrogen and oxygen atoms in total. The molecule has 0 fully saturated rings. The molecular formula is C8H5BrClF2NO. The van der Waals surface area contributed by atoms with Crippen molar-refractivity contribution in [1.29, 1.82) is 0 Å². The van der Waals surface area contributed by atoms with E-state index in [9.17, 15) is 13.6 Å². The average molecular weight is 284 g/mol. The quantitative estimate of drug-likeness (QED) is 0.629. The molecule has 0 saturated carbocycles. The summed E-state index contributed by atoms with van der Waals surface area (Å²) in [6.07, 6.45) is -1.17. The van der Waals surface area contributed by atoms with Gasteiger partial charge in [-0.25, -0.2) is 8.78 Å². The molecule has 0 unspecified atom stereocenters. The van der Waals surface area contributed by atoms with Crippen molar-refractivity contribution < 1.29 is 13.6 Å². The number of hydrogen-bond acceptors (Lipinski definition) is 2. The van der Waals surface area contributed by atoms with Crippen LogP contribution in [0.15, 0.2) is 10.7 Å². The van der Waals surface area contributed by atoms with Gasteiger partial charge in [-0.3, -0.25) is 9.78 Å². The van der Waals surface area contributed by atoms with E-state index < -0.39 is 6.43 Å². The molecule has 0 aromatic carbocycles. The summed E-state index contributed by atoms with van der Waals surface area (Å²) in [5.74, 6) is -0.0684. The van der Waals surface area contributed by atoms with Crippen LogP contribution in [0, 0.1) is 0 Å². The van der Waals surface area contributed by atoms with Crippen LogP contribution >= 0.6 is 27.5 Å². The Labute approximate surface area is 92.4 Å². The van der Waals surface area contributed by atoms with Gasteiger partial charge in [0, 0.05) is 21.8 Å². The molecular weight excluding hydrogens is 279 g/mol. The number of carbonyl (C=O) groups excluding carboxylic acids is 1. The zero-order chi connectivity index (χ0) is 10.7. The molecule has 0 radical (unpaired) electrons. The number of pyridine rings is 1. The molecule has 76 valence electrons. The maximum Gasteiger partial charge on any atom is 0.265 e. The molecule has 0 aliphatic rings. The van der Waals surface area contributed by atoms with E-state index in [0.29, 0.717) is 6.29 Å². The highest BCUT2D eigenvalue weighted by molar-refractivity contribution is 9.10. The molecule has 1 aromatic heterocycles. The minimum absolute atomic E-state index is 0.0684. The first-order valence-electron chi connectivity index (χ1n) is 3.58. The van der Waals surface area contributed by atoms with Crippen LogP contribution in [0.25, 0.3) is 0 Å². The lowest BCUT2D eigenvalue weighted by atomic mass is 10.1. The fourth-order valence-electron chi connectivity index (χ4n) is 1.02. The van der Waals surface area contributed by atoms with Crippen molar-refractivity contribution in [2.45, 2.75) is 12.3 Å². The predicted octanol–water partition coefficient (Wildman–Crippen LogP) is 3.33. The number of rotatable bonds is 3. The lowest BCUT2D eigenvalue weighted by Crippen LogP contribution is -2.02. The zero-order valence-corrected chi connectivity index (χ0v) is 9.15. The lowest BCUT2D eigenvalue weighted by molar-refractivity contribution is 0.110. The van der Waals surface area contributed by atoms with Crippen molar-refractivity contribution >= 4 is 33.8 Å². The minimum Gasteiger partial charge on any atom is -0.298 e. The van der Waals surface area contributed by atoms with Gasteiger partial charge in [-0.1, -0.05) is 0 Å². The van der Waals surface area contributed by atoms with E-state index in [0.717, 1.165) is 0 Å². The van der Waals surface area contributed by atoms with Crippen molar-refractivity contribution in [1.82, 2.24) is 4.98 Å². The van der Waals surface area contributed by atoms with Crippen LogP contribution in [0.2, 0.25) is 0 Å². The SMILES string of the molecule is O=Cc1c(CCl)ncc(Br)c1C(F)F. The van der Waals surface area contributed by atoms with Gasteiger partial charge >= 0.3 is 0 Å². The van der Waals surface area contributed by atoms with Gasteiger partial charge in [-0.05, 0) is 15.9 Å². The van der Waals surface area contributed by atoms with Gasteiger partial charge in [0.05, 0.1) is 11.6 Å². The molecule has 1 heterocycles. The Bertz CT molecular complexity index is 359. The molecule has 0 saturated heterocycles. The smallest absolute Gasteiger partial charge is 0.265 e. The largest absolute Gasteiger partial charge is 0.298 e. The second kappa shape index (κ2) is 4.79. The van der Waals surface area contributed by atoms with E-state index in [-0.39, 0.29) is 27.2 Å². The fourth-order valence-corrected chi connectivity index (χ4v) is 1.72.